The normalized spacial score (nSPS) is 32.8. The molecule has 0 bridgehead atoms. The molecule has 3 atom stereocenters. The number of hydrogen-bond acceptors (Lipinski definition) is 3. The molecule has 3 fully saturated rings. The van der Waals surface area contributed by atoms with E-state index in [1.807, 2.05) is 18.2 Å². The molecular formula is C18H26N2O. The van der Waals surface area contributed by atoms with Gasteiger partial charge in [0.2, 0.25) is 0 Å². The van der Waals surface area contributed by atoms with E-state index < -0.39 is 0 Å². The molecule has 1 saturated heterocycles. The minimum Gasteiger partial charge on any atom is -0.506 e. The zero-order valence-corrected chi connectivity index (χ0v) is 12.7. The van der Waals surface area contributed by atoms with Crippen LogP contribution in [0.1, 0.15) is 25.7 Å². The van der Waals surface area contributed by atoms with Gasteiger partial charge in [-0.25, -0.2) is 0 Å². The van der Waals surface area contributed by atoms with Crippen LogP contribution in [0.15, 0.2) is 24.3 Å². The highest BCUT2D eigenvalue weighted by Crippen LogP contribution is 2.50. The molecule has 1 N–H and O–H groups in total. The Balaban J connectivity index is 1.32. The fraction of sp³-hybridized carbons (Fsp3) is 0.667. The Bertz CT molecular complexity index is 496. The number of nitrogens with zero attached hydrogens (tertiary/aromatic N) is 2. The zero-order valence-electron chi connectivity index (χ0n) is 12.7. The number of fused-ring (bicyclic) bond motifs is 1. The Morgan fingerprint density at radius 2 is 1.71 bits per heavy atom. The first-order valence-corrected chi connectivity index (χ1v) is 8.56. The summed E-state index contributed by atoms with van der Waals surface area (Å²) < 4.78 is 0. The minimum atomic E-state index is 0.416. The topological polar surface area (TPSA) is 26.7 Å². The van der Waals surface area contributed by atoms with Crippen LogP contribution in [0, 0.1) is 17.8 Å². The van der Waals surface area contributed by atoms with Crippen molar-refractivity contribution in [1.29, 1.82) is 0 Å². The van der Waals surface area contributed by atoms with E-state index in [1.165, 1.54) is 32.2 Å². The molecule has 3 nitrogen and oxygen atoms in total. The van der Waals surface area contributed by atoms with Crippen molar-refractivity contribution < 1.29 is 5.11 Å². The van der Waals surface area contributed by atoms with Crippen molar-refractivity contribution in [1.82, 2.24) is 4.90 Å². The number of piperazine rings is 1. The van der Waals surface area contributed by atoms with Crippen molar-refractivity contribution in [2.75, 3.05) is 37.6 Å². The number of anilines is 1. The van der Waals surface area contributed by atoms with Crippen molar-refractivity contribution in [2.45, 2.75) is 25.7 Å². The highest BCUT2D eigenvalue weighted by Gasteiger charge is 2.42. The van der Waals surface area contributed by atoms with E-state index in [0.29, 0.717) is 5.75 Å². The molecule has 0 amide bonds. The van der Waals surface area contributed by atoms with E-state index in [9.17, 15) is 5.11 Å². The minimum absolute atomic E-state index is 0.416. The van der Waals surface area contributed by atoms with Gasteiger partial charge in [-0.05, 0) is 55.6 Å². The average molecular weight is 286 g/mol. The third-order valence-corrected chi connectivity index (χ3v) is 6.08. The van der Waals surface area contributed by atoms with Crippen LogP contribution in [-0.4, -0.2) is 42.7 Å². The first-order valence-electron chi connectivity index (χ1n) is 8.56. The summed E-state index contributed by atoms with van der Waals surface area (Å²) in [5, 5.41) is 9.97. The quantitative estimate of drug-likeness (QED) is 0.925. The molecule has 0 unspecified atom stereocenters. The second kappa shape index (κ2) is 5.53. The predicted octanol–water partition coefficient (Wildman–Crippen LogP) is 2.95. The zero-order chi connectivity index (χ0) is 14.2. The van der Waals surface area contributed by atoms with Crippen molar-refractivity contribution in [3.8, 4) is 5.75 Å². The van der Waals surface area contributed by atoms with Crippen LogP contribution >= 0.6 is 0 Å². The molecule has 0 aromatic heterocycles. The lowest BCUT2D eigenvalue weighted by Gasteiger charge is -2.40. The van der Waals surface area contributed by atoms with Crippen LogP contribution in [0.25, 0.3) is 0 Å². The Morgan fingerprint density at radius 3 is 2.38 bits per heavy atom. The van der Waals surface area contributed by atoms with Gasteiger partial charge in [-0.15, -0.1) is 0 Å². The van der Waals surface area contributed by atoms with Gasteiger partial charge in [0, 0.05) is 32.7 Å². The van der Waals surface area contributed by atoms with Gasteiger partial charge in [0.1, 0.15) is 5.75 Å². The highest BCUT2D eigenvalue weighted by atomic mass is 16.3. The summed E-state index contributed by atoms with van der Waals surface area (Å²) in [7, 11) is 0. The second-order valence-electron chi connectivity index (χ2n) is 7.12. The molecule has 1 heterocycles. The maximum atomic E-state index is 9.97. The van der Waals surface area contributed by atoms with E-state index in [-0.39, 0.29) is 0 Å². The van der Waals surface area contributed by atoms with Gasteiger partial charge in [-0.3, -0.25) is 4.90 Å². The van der Waals surface area contributed by atoms with E-state index in [2.05, 4.69) is 9.80 Å². The molecular weight excluding hydrogens is 260 g/mol. The first-order chi connectivity index (χ1) is 10.3. The van der Waals surface area contributed by atoms with E-state index in [4.69, 9.17) is 0 Å². The van der Waals surface area contributed by atoms with Crippen LogP contribution in [0.4, 0.5) is 5.69 Å². The summed E-state index contributed by atoms with van der Waals surface area (Å²) in [5.74, 6) is 3.53. The lowest BCUT2D eigenvalue weighted by molar-refractivity contribution is 0.128. The third kappa shape index (κ3) is 2.52. The maximum Gasteiger partial charge on any atom is 0.138 e. The van der Waals surface area contributed by atoms with Gasteiger partial charge in [0.15, 0.2) is 0 Å². The van der Waals surface area contributed by atoms with Crippen LogP contribution in [-0.2, 0) is 0 Å². The molecule has 1 aromatic rings. The number of aromatic hydroxyl groups is 1. The van der Waals surface area contributed by atoms with E-state index in [0.717, 1.165) is 49.6 Å². The smallest absolute Gasteiger partial charge is 0.138 e. The van der Waals surface area contributed by atoms with E-state index >= 15 is 0 Å². The van der Waals surface area contributed by atoms with Gasteiger partial charge in [0.25, 0.3) is 0 Å². The van der Waals surface area contributed by atoms with Crippen molar-refractivity contribution in [3.63, 3.8) is 0 Å². The SMILES string of the molecule is Oc1ccccc1N1CCN(C[C@@H]2CC[C@H]3CC[C@@H]32)CC1. The standard InChI is InChI=1S/C18H26N2O/c21-18-4-2-1-3-17(18)20-11-9-19(10-12-20)13-15-6-5-14-7-8-16(14)15/h1-4,14-16,21H,5-13H2/t14-,15-,16-/m0/s1. The molecule has 1 aliphatic heterocycles. The molecule has 21 heavy (non-hydrogen) atoms. The van der Waals surface area contributed by atoms with Crippen molar-refractivity contribution in [3.05, 3.63) is 24.3 Å². The van der Waals surface area contributed by atoms with Crippen LogP contribution < -0.4 is 4.90 Å². The number of phenols is 1. The van der Waals surface area contributed by atoms with Gasteiger partial charge in [-0.2, -0.15) is 0 Å². The number of benzene rings is 1. The molecule has 0 spiro atoms. The molecule has 114 valence electrons. The van der Waals surface area contributed by atoms with Gasteiger partial charge in [-0.1, -0.05) is 12.1 Å². The van der Waals surface area contributed by atoms with Gasteiger partial charge in [0.05, 0.1) is 5.69 Å². The van der Waals surface area contributed by atoms with Crippen LogP contribution in [0.5, 0.6) is 5.75 Å². The monoisotopic (exact) mass is 286 g/mol. The summed E-state index contributed by atoms with van der Waals surface area (Å²) in [4.78, 5) is 4.98. The van der Waals surface area contributed by atoms with Gasteiger partial charge < -0.3 is 10.0 Å². The second-order valence-corrected chi connectivity index (χ2v) is 7.12. The molecule has 3 aliphatic rings. The lowest BCUT2D eigenvalue weighted by Crippen LogP contribution is -2.48. The summed E-state index contributed by atoms with van der Waals surface area (Å²) in [6.45, 7) is 5.68. The Labute approximate surface area is 127 Å². The summed E-state index contributed by atoms with van der Waals surface area (Å²) in [6.07, 6.45) is 5.96. The maximum absolute atomic E-state index is 9.97. The Hall–Kier alpha value is -1.22. The Kier molecular flexibility index (Phi) is 3.54. The summed E-state index contributed by atoms with van der Waals surface area (Å²) in [6, 6.07) is 7.72. The van der Waals surface area contributed by atoms with Crippen LogP contribution in [0.3, 0.4) is 0 Å². The molecule has 1 aromatic carbocycles. The van der Waals surface area contributed by atoms with E-state index in [1.54, 1.807) is 6.07 Å². The number of hydrogen-bond donors (Lipinski definition) is 1. The number of rotatable bonds is 3. The molecule has 2 saturated carbocycles. The largest absolute Gasteiger partial charge is 0.506 e. The lowest BCUT2D eigenvalue weighted by atomic mass is 9.72. The van der Waals surface area contributed by atoms with Gasteiger partial charge >= 0.3 is 0 Å². The number of para-hydroxylation sites is 2. The predicted molar refractivity (Wildman–Crippen MR) is 85.7 cm³/mol. The molecule has 2 aliphatic carbocycles. The highest BCUT2D eigenvalue weighted by molar-refractivity contribution is 5.57. The summed E-state index contributed by atoms with van der Waals surface area (Å²) in [5.41, 5.74) is 0.997. The molecule has 3 heteroatoms. The molecule has 4 rings (SSSR count). The van der Waals surface area contributed by atoms with Crippen LogP contribution in [0.2, 0.25) is 0 Å². The van der Waals surface area contributed by atoms with Crippen molar-refractivity contribution in [2.24, 2.45) is 17.8 Å². The van der Waals surface area contributed by atoms with Crippen molar-refractivity contribution >= 4 is 5.69 Å². The fourth-order valence-electron chi connectivity index (χ4n) is 4.68. The average Bonchev–Trinajstić information content (AvgIpc) is 2.74. The fourth-order valence-corrected chi connectivity index (χ4v) is 4.68. The first kappa shape index (κ1) is 13.4. The third-order valence-electron chi connectivity index (χ3n) is 6.08. The summed E-state index contributed by atoms with van der Waals surface area (Å²) >= 11 is 0. The molecule has 0 radical (unpaired) electrons. The number of phenolic OH excluding ortho intramolecular Hbond substituents is 1. The Morgan fingerprint density at radius 1 is 0.952 bits per heavy atom.